The van der Waals surface area contributed by atoms with Gasteiger partial charge in [-0.2, -0.15) is 0 Å². The van der Waals surface area contributed by atoms with Crippen LogP contribution in [-0.2, 0) is 11.8 Å². The lowest BCUT2D eigenvalue weighted by molar-refractivity contribution is -0.130. The number of hydrogen-bond donors (Lipinski definition) is 1. The first-order chi connectivity index (χ1) is 9.66. The summed E-state index contributed by atoms with van der Waals surface area (Å²) in [5.74, 6) is -0.902. The molecule has 0 fully saturated rings. The Kier molecular flexibility index (Phi) is 3.16. The highest BCUT2D eigenvalue weighted by atomic mass is 32.1. The molecule has 0 aliphatic rings. The number of fused-ring (bicyclic) bond motifs is 1. The molecule has 0 unspecified atom stereocenters. The van der Waals surface area contributed by atoms with E-state index >= 15 is 0 Å². The van der Waals surface area contributed by atoms with Crippen molar-refractivity contribution in [3.8, 4) is 0 Å². The Morgan fingerprint density at radius 3 is 2.75 bits per heavy atom. The van der Waals surface area contributed by atoms with Gasteiger partial charge in [-0.05, 0) is 23.6 Å². The lowest BCUT2D eigenvalue weighted by atomic mass is 10.1. The summed E-state index contributed by atoms with van der Waals surface area (Å²) in [6.07, 6.45) is 3.71. The van der Waals surface area contributed by atoms with Crippen molar-refractivity contribution in [2.24, 2.45) is 7.05 Å². The lowest BCUT2D eigenvalue weighted by Gasteiger charge is -1.98. The summed E-state index contributed by atoms with van der Waals surface area (Å²) in [4.78, 5) is 12.2. The van der Waals surface area contributed by atoms with Crippen LogP contribution in [0.1, 0.15) is 10.4 Å². The molecule has 3 nitrogen and oxygen atoms in total. The zero-order valence-corrected chi connectivity index (χ0v) is 11.7. The summed E-state index contributed by atoms with van der Waals surface area (Å²) in [5.41, 5.74) is 2.35. The number of benzene rings is 1. The van der Waals surface area contributed by atoms with Crippen molar-refractivity contribution in [2.75, 3.05) is 0 Å². The van der Waals surface area contributed by atoms with Gasteiger partial charge >= 0.3 is 5.97 Å². The van der Waals surface area contributed by atoms with Crippen LogP contribution in [-0.4, -0.2) is 15.6 Å². The second-order valence-electron chi connectivity index (χ2n) is 4.55. The normalized spacial score (nSPS) is 11.9. The molecule has 100 valence electrons. The van der Waals surface area contributed by atoms with Gasteiger partial charge < -0.3 is 9.67 Å². The first kappa shape index (κ1) is 12.7. The molecule has 1 aromatic carbocycles. The van der Waals surface area contributed by atoms with E-state index in [4.69, 9.17) is 0 Å². The summed E-state index contributed by atoms with van der Waals surface area (Å²) in [7, 11) is 1.96. The second kappa shape index (κ2) is 4.98. The fourth-order valence-corrected chi connectivity index (χ4v) is 3.05. The van der Waals surface area contributed by atoms with Crippen LogP contribution < -0.4 is 0 Å². The van der Waals surface area contributed by atoms with Gasteiger partial charge in [-0.3, -0.25) is 0 Å². The molecule has 3 rings (SSSR count). The van der Waals surface area contributed by atoms with E-state index in [-0.39, 0.29) is 0 Å². The maximum Gasteiger partial charge on any atom is 0.337 e. The maximum absolute atomic E-state index is 11.5. The van der Waals surface area contributed by atoms with E-state index in [1.54, 1.807) is 6.08 Å². The van der Waals surface area contributed by atoms with E-state index in [1.165, 1.54) is 11.3 Å². The number of carboxylic acids is 1. The fraction of sp³-hybridized carbons (Fsp3) is 0.0625. The molecule has 3 aromatic rings. The minimum atomic E-state index is -0.902. The van der Waals surface area contributed by atoms with E-state index in [2.05, 4.69) is 0 Å². The third kappa shape index (κ3) is 2.14. The van der Waals surface area contributed by atoms with Gasteiger partial charge in [0.15, 0.2) is 0 Å². The Morgan fingerprint density at radius 1 is 1.25 bits per heavy atom. The van der Waals surface area contributed by atoms with Gasteiger partial charge in [0.05, 0.1) is 5.57 Å². The van der Waals surface area contributed by atoms with Crippen LogP contribution in [0.2, 0.25) is 0 Å². The summed E-state index contributed by atoms with van der Waals surface area (Å²) in [5, 5.41) is 12.4. The average molecular weight is 283 g/mol. The first-order valence-corrected chi connectivity index (χ1v) is 7.07. The SMILES string of the molecule is Cn1cc(/C=C(/C(=O)O)c2cccs2)c2ccccc21. The molecule has 0 bridgehead atoms. The number of nitrogens with zero attached hydrogens (tertiary/aromatic N) is 1. The minimum Gasteiger partial charge on any atom is -0.478 e. The minimum absolute atomic E-state index is 0.330. The van der Waals surface area contributed by atoms with Crippen LogP contribution >= 0.6 is 11.3 Å². The van der Waals surface area contributed by atoms with E-state index in [0.29, 0.717) is 5.57 Å². The number of aromatic nitrogens is 1. The molecule has 1 N–H and O–H groups in total. The molecule has 0 amide bonds. The molecule has 4 heteroatoms. The number of carboxylic acid groups (broad SMARTS) is 1. The van der Waals surface area contributed by atoms with Crippen molar-refractivity contribution in [2.45, 2.75) is 0 Å². The standard InChI is InChI=1S/C16H13NO2S/c1-17-10-11(12-5-2-3-6-14(12)17)9-13(16(18)19)15-7-4-8-20-15/h2-10H,1H3,(H,18,19)/b13-9+. The second-order valence-corrected chi connectivity index (χ2v) is 5.50. The van der Waals surface area contributed by atoms with Crippen LogP contribution in [0.15, 0.2) is 48.0 Å². The number of para-hydroxylation sites is 1. The smallest absolute Gasteiger partial charge is 0.337 e. The van der Waals surface area contributed by atoms with E-state index < -0.39 is 5.97 Å². The molecule has 0 atom stereocenters. The molecule has 0 saturated carbocycles. The molecule has 0 saturated heterocycles. The first-order valence-electron chi connectivity index (χ1n) is 6.20. The third-order valence-electron chi connectivity index (χ3n) is 3.24. The average Bonchev–Trinajstić information content (AvgIpc) is 3.05. The van der Waals surface area contributed by atoms with E-state index in [1.807, 2.05) is 59.6 Å². The lowest BCUT2D eigenvalue weighted by Crippen LogP contribution is -1.97. The Balaban J connectivity index is 2.19. The number of carbonyl (C=O) groups is 1. The topological polar surface area (TPSA) is 42.2 Å². The quantitative estimate of drug-likeness (QED) is 0.741. The van der Waals surface area contributed by atoms with Crippen molar-refractivity contribution in [3.05, 3.63) is 58.4 Å². The Hall–Kier alpha value is -2.33. The Bertz CT molecular complexity index is 797. The largest absolute Gasteiger partial charge is 0.478 e. The van der Waals surface area contributed by atoms with Crippen LogP contribution in [0.3, 0.4) is 0 Å². The van der Waals surface area contributed by atoms with Gasteiger partial charge in [0.1, 0.15) is 0 Å². The number of hydrogen-bond acceptors (Lipinski definition) is 2. The van der Waals surface area contributed by atoms with Crippen LogP contribution in [0.5, 0.6) is 0 Å². The predicted octanol–water partition coefficient (Wildman–Crippen LogP) is 3.87. The van der Waals surface area contributed by atoms with Gasteiger partial charge in [-0.15, -0.1) is 11.3 Å². The van der Waals surface area contributed by atoms with Crippen LogP contribution in [0.4, 0.5) is 0 Å². The maximum atomic E-state index is 11.5. The molecule has 0 aliphatic heterocycles. The number of aryl methyl sites for hydroxylation is 1. The van der Waals surface area contributed by atoms with Gasteiger partial charge in [-0.1, -0.05) is 24.3 Å². The molecular formula is C16H13NO2S. The zero-order chi connectivity index (χ0) is 14.1. The van der Waals surface area contributed by atoms with E-state index in [0.717, 1.165) is 21.3 Å². The monoisotopic (exact) mass is 283 g/mol. The van der Waals surface area contributed by atoms with E-state index in [9.17, 15) is 9.90 Å². The van der Waals surface area contributed by atoms with Crippen molar-refractivity contribution < 1.29 is 9.90 Å². The van der Waals surface area contributed by atoms with Crippen molar-refractivity contribution in [1.29, 1.82) is 0 Å². The molecule has 0 spiro atoms. The predicted molar refractivity (Wildman–Crippen MR) is 82.7 cm³/mol. The Morgan fingerprint density at radius 2 is 2.05 bits per heavy atom. The molecule has 2 heterocycles. The summed E-state index contributed by atoms with van der Waals surface area (Å²) >= 11 is 1.43. The van der Waals surface area contributed by atoms with Crippen molar-refractivity contribution in [1.82, 2.24) is 4.57 Å². The summed E-state index contributed by atoms with van der Waals surface area (Å²) in [6.45, 7) is 0. The third-order valence-corrected chi connectivity index (χ3v) is 4.15. The molecule has 0 radical (unpaired) electrons. The van der Waals surface area contributed by atoms with Crippen LogP contribution in [0.25, 0.3) is 22.6 Å². The summed E-state index contributed by atoms with van der Waals surface area (Å²) in [6, 6.07) is 11.7. The highest BCUT2D eigenvalue weighted by molar-refractivity contribution is 7.11. The van der Waals surface area contributed by atoms with Crippen molar-refractivity contribution in [3.63, 3.8) is 0 Å². The summed E-state index contributed by atoms with van der Waals surface area (Å²) < 4.78 is 2.01. The molecular weight excluding hydrogens is 270 g/mol. The number of thiophene rings is 1. The number of rotatable bonds is 3. The van der Waals surface area contributed by atoms with Crippen molar-refractivity contribution >= 4 is 39.9 Å². The molecule has 0 aliphatic carbocycles. The molecule has 20 heavy (non-hydrogen) atoms. The zero-order valence-electron chi connectivity index (χ0n) is 10.9. The molecule has 2 aromatic heterocycles. The fourth-order valence-electron chi connectivity index (χ4n) is 2.31. The van der Waals surface area contributed by atoms with Crippen LogP contribution in [0, 0.1) is 0 Å². The van der Waals surface area contributed by atoms with Gasteiger partial charge in [0.25, 0.3) is 0 Å². The highest BCUT2D eigenvalue weighted by Gasteiger charge is 2.13. The highest BCUT2D eigenvalue weighted by Crippen LogP contribution is 2.27. The van der Waals surface area contributed by atoms with Gasteiger partial charge in [-0.25, -0.2) is 4.79 Å². The van der Waals surface area contributed by atoms with Gasteiger partial charge in [0, 0.05) is 34.6 Å². The number of aliphatic carboxylic acids is 1. The van der Waals surface area contributed by atoms with Gasteiger partial charge in [0.2, 0.25) is 0 Å². The Labute approximate surface area is 120 Å².